The number of ketones is 1. The van der Waals surface area contributed by atoms with Crippen LogP contribution in [0.3, 0.4) is 0 Å². The largest absolute Gasteiger partial charge is 0.503 e. The van der Waals surface area contributed by atoms with E-state index in [0.29, 0.717) is 30.0 Å². The minimum atomic E-state index is -0.787. The number of hydrogen-bond donors (Lipinski definition) is 1. The van der Waals surface area contributed by atoms with E-state index in [4.69, 9.17) is 9.15 Å². The summed E-state index contributed by atoms with van der Waals surface area (Å²) in [4.78, 5) is 30.5. The van der Waals surface area contributed by atoms with Crippen molar-refractivity contribution >= 4 is 22.7 Å². The van der Waals surface area contributed by atoms with Gasteiger partial charge in [0.1, 0.15) is 11.3 Å². The van der Waals surface area contributed by atoms with Crippen molar-refractivity contribution in [1.82, 2.24) is 9.80 Å². The molecule has 0 unspecified atom stereocenters. The highest BCUT2D eigenvalue weighted by Crippen LogP contribution is 2.42. The van der Waals surface area contributed by atoms with E-state index in [1.807, 2.05) is 36.4 Å². The van der Waals surface area contributed by atoms with Crippen LogP contribution in [0.2, 0.25) is 0 Å². The molecule has 0 radical (unpaired) electrons. The summed E-state index contributed by atoms with van der Waals surface area (Å²) in [5, 5.41) is 11.7. The number of furan rings is 1. The van der Waals surface area contributed by atoms with Crippen LogP contribution in [-0.4, -0.2) is 59.9 Å². The van der Waals surface area contributed by atoms with E-state index in [-0.39, 0.29) is 11.3 Å². The number of benzene rings is 2. The zero-order valence-corrected chi connectivity index (χ0v) is 19.1. The topological polar surface area (TPSA) is 83.2 Å². The molecule has 1 aliphatic heterocycles. The van der Waals surface area contributed by atoms with Crippen LogP contribution >= 0.6 is 0 Å². The number of para-hydroxylation sites is 2. The Labute approximate surface area is 192 Å². The van der Waals surface area contributed by atoms with Crippen LogP contribution in [0.15, 0.2) is 70.3 Å². The predicted molar refractivity (Wildman–Crippen MR) is 125 cm³/mol. The monoisotopic (exact) mass is 448 g/mol. The number of likely N-dealkylation sites (N-methyl/N-ethyl adjacent to an activating group) is 1. The maximum atomic E-state index is 13.6. The van der Waals surface area contributed by atoms with Gasteiger partial charge in [0.15, 0.2) is 11.5 Å². The SMILES string of the molecule is CCN(CC)CCN1C(=O)C(O)=C(C(=O)c2cc3ccccc3o2)[C@@H]1c1ccccc1OC. The fourth-order valence-electron chi connectivity index (χ4n) is 4.35. The molecule has 0 bridgehead atoms. The first-order chi connectivity index (χ1) is 16.0. The third kappa shape index (κ3) is 4.12. The van der Waals surface area contributed by atoms with Crippen molar-refractivity contribution in [1.29, 1.82) is 0 Å². The van der Waals surface area contributed by atoms with Gasteiger partial charge in [0.05, 0.1) is 18.7 Å². The van der Waals surface area contributed by atoms with Crippen LogP contribution in [0.1, 0.15) is 36.0 Å². The quantitative estimate of drug-likeness (QED) is 0.490. The molecule has 3 aromatic rings. The van der Waals surface area contributed by atoms with Crippen molar-refractivity contribution < 1.29 is 23.8 Å². The second kappa shape index (κ2) is 9.50. The van der Waals surface area contributed by atoms with Crippen LogP contribution in [-0.2, 0) is 4.79 Å². The molecule has 1 atom stereocenters. The fraction of sp³-hybridized carbons (Fsp3) is 0.308. The number of ether oxygens (including phenoxy) is 1. The summed E-state index contributed by atoms with van der Waals surface area (Å²) in [6.07, 6.45) is 0. The Morgan fingerprint density at radius 1 is 1.12 bits per heavy atom. The van der Waals surface area contributed by atoms with Crippen LogP contribution in [0.5, 0.6) is 5.75 Å². The Morgan fingerprint density at radius 2 is 1.82 bits per heavy atom. The van der Waals surface area contributed by atoms with Gasteiger partial charge in [-0.15, -0.1) is 0 Å². The summed E-state index contributed by atoms with van der Waals surface area (Å²) in [5.74, 6) is -1.02. The molecule has 1 amide bonds. The van der Waals surface area contributed by atoms with Crippen LogP contribution in [0, 0.1) is 0 Å². The van der Waals surface area contributed by atoms with E-state index in [0.717, 1.165) is 18.5 Å². The Hall–Kier alpha value is -3.58. The maximum Gasteiger partial charge on any atom is 0.290 e. The second-order valence-electron chi connectivity index (χ2n) is 7.91. The number of hydrogen-bond acceptors (Lipinski definition) is 6. The number of fused-ring (bicyclic) bond motifs is 1. The first-order valence-corrected chi connectivity index (χ1v) is 11.1. The maximum absolute atomic E-state index is 13.6. The first-order valence-electron chi connectivity index (χ1n) is 11.1. The first kappa shape index (κ1) is 22.6. The molecule has 4 rings (SSSR count). The zero-order chi connectivity index (χ0) is 23.5. The van der Waals surface area contributed by atoms with Crippen molar-refractivity contribution in [3.8, 4) is 5.75 Å². The van der Waals surface area contributed by atoms with E-state index in [9.17, 15) is 14.7 Å². The molecule has 1 aliphatic rings. The zero-order valence-electron chi connectivity index (χ0n) is 19.1. The van der Waals surface area contributed by atoms with Crippen LogP contribution < -0.4 is 4.74 Å². The summed E-state index contributed by atoms with van der Waals surface area (Å²) in [6.45, 7) is 6.75. The van der Waals surface area contributed by atoms with Gasteiger partial charge in [0.2, 0.25) is 5.78 Å². The molecule has 172 valence electrons. The predicted octanol–water partition coefficient (Wildman–Crippen LogP) is 4.36. The van der Waals surface area contributed by atoms with Gasteiger partial charge in [-0.05, 0) is 31.3 Å². The van der Waals surface area contributed by atoms with E-state index < -0.39 is 23.5 Å². The molecule has 1 aromatic heterocycles. The number of rotatable bonds is 9. The number of carbonyl (C=O) groups excluding carboxylic acids is 2. The Morgan fingerprint density at radius 3 is 2.52 bits per heavy atom. The number of aliphatic hydroxyl groups is 1. The highest BCUT2D eigenvalue weighted by Gasteiger charge is 2.45. The van der Waals surface area contributed by atoms with E-state index >= 15 is 0 Å². The second-order valence-corrected chi connectivity index (χ2v) is 7.91. The number of methoxy groups -OCH3 is 1. The molecule has 0 aliphatic carbocycles. The molecule has 0 spiro atoms. The number of carbonyl (C=O) groups is 2. The average Bonchev–Trinajstić information content (AvgIpc) is 3.39. The lowest BCUT2D eigenvalue weighted by Crippen LogP contribution is -2.38. The van der Waals surface area contributed by atoms with Crippen LogP contribution in [0.25, 0.3) is 11.0 Å². The lowest BCUT2D eigenvalue weighted by molar-refractivity contribution is -0.129. The summed E-state index contributed by atoms with van der Waals surface area (Å²) in [6, 6.07) is 15.4. The van der Waals surface area contributed by atoms with E-state index in [2.05, 4.69) is 18.7 Å². The van der Waals surface area contributed by atoms with Crippen molar-refractivity contribution in [3.63, 3.8) is 0 Å². The molecule has 1 N–H and O–H groups in total. The van der Waals surface area contributed by atoms with E-state index in [1.54, 1.807) is 30.2 Å². The average molecular weight is 449 g/mol. The van der Waals surface area contributed by atoms with Crippen molar-refractivity contribution in [2.75, 3.05) is 33.3 Å². The van der Waals surface area contributed by atoms with Gasteiger partial charge < -0.3 is 24.1 Å². The minimum Gasteiger partial charge on any atom is -0.503 e. The molecule has 0 saturated heterocycles. The molecule has 0 saturated carbocycles. The van der Waals surface area contributed by atoms with Gasteiger partial charge in [-0.3, -0.25) is 9.59 Å². The van der Waals surface area contributed by atoms with Gasteiger partial charge in [-0.25, -0.2) is 0 Å². The standard InChI is InChI=1S/C26H28N2O5/c1-4-27(5-2)14-15-28-23(18-11-7-9-13-20(18)32-3)22(25(30)26(28)31)24(29)21-16-17-10-6-8-12-19(17)33-21/h6-13,16,23,30H,4-5,14-15H2,1-3H3/t23-/m0/s1. The lowest BCUT2D eigenvalue weighted by Gasteiger charge is -2.30. The van der Waals surface area contributed by atoms with Gasteiger partial charge in [-0.2, -0.15) is 0 Å². The number of Topliss-reactive ketones (excluding diaryl/α,β-unsaturated/α-hetero) is 1. The summed E-state index contributed by atoms with van der Waals surface area (Å²) in [5.41, 5.74) is 1.21. The Kier molecular flexibility index (Phi) is 6.51. The van der Waals surface area contributed by atoms with Gasteiger partial charge >= 0.3 is 0 Å². The molecule has 7 nitrogen and oxygen atoms in total. The molecule has 33 heavy (non-hydrogen) atoms. The number of nitrogens with zero attached hydrogens (tertiary/aromatic N) is 2. The van der Waals surface area contributed by atoms with E-state index in [1.165, 1.54) is 0 Å². The van der Waals surface area contributed by atoms with Gasteiger partial charge in [0.25, 0.3) is 5.91 Å². The van der Waals surface area contributed by atoms with Crippen molar-refractivity contribution in [2.24, 2.45) is 0 Å². The normalized spacial score (nSPS) is 16.3. The highest BCUT2D eigenvalue weighted by atomic mass is 16.5. The molecule has 0 fully saturated rings. The molecular weight excluding hydrogens is 420 g/mol. The minimum absolute atomic E-state index is 0.00287. The summed E-state index contributed by atoms with van der Waals surface area (Å²) >= 11 is 0. The molecule has 2 aromatic carbocycles. The third-order valence-electron chi connectivity index (χ3n) is 6.18. The Bertz CT molecular complexity index is 1180. The number of aliphatic hydroxyl groups excluding tert-OH is 1. The summed E-state index contributed by atoms with van der Waals surface area (Å²) < 4.78 is 11.3. The lowest BCUT2D eigenvalue weighted by atomic mass is 9.94. The van der Waals surface area contributed by atoms with Gasteiger partial charge in [0, 0.05) is 24.0 Å². The smallest absolute Gasteiger partial charge is 0.290 e. The summed E-state index contributed by atoms with van der Waals surface area (Å²) in [7, 11) is 1.54. The molecule has 2 heterocycles. The number of amides is 1. The Balaban J connectivity index is 1.78. The molecule has 7 heteroatoms. The van der Waals surface area contributed by atoms with Crippen LogP contribution in [0.4, 0.5) is 0 Å². The van der Waals surface area contributed by atoms with Gasteiger partial charge in [-0.1, -0.05) is 50.2 Å². The van der Waals surface area contributed by atoms with Crippen molar-refractivity contribution in [3.05, 3.63) is 77.3 Å². The highest BCUT2D eigenvalue weighted by molar-refractivity contribution is 6.16. The fourth-order valence-corrected chi connectivity index (χ4v) is 4.35. The molecular formula is C26H28N2O5. The third-order valence-corrected chi connectivity index (χ3v) is 6.18. The van der Waals surface area contributed by atoms with Crippen molar-refractivity contribution in [2.45, 2.75) is 19.9 Å².